The van der Waals surface area contributed by atoms with Crippen molar-refractivity contribution in [2.45, 2.75) is 187 Å². The van der Waals surface area contributed by atoms with Gasteiger partial charge >= 0.3 is 5.97 Å². The Balaban J connectivity index is 1.68. The molecular weight excluding hydrogens is 899 g/mol. The van der Waals surface area contributed by atoms with Crippen LogP contribution in [-0.4, -0.2) is 147 Å². The molecule has 1 aliphatic carbocycles. The monoisotopic (exact) mass is 986 g/mol. The van der Waals surface area contributed by atoms with Gasteiger partial charge in [0.25, 0.3) is 11.7 Å². The topological polar surface area (TPSA) is 194 Å². The van der Waals surface area contributed by atoms with Gasteiger partial charge in [-0.3, -0.25) is 19.2 Å². The molecule has 1 amide bonds. The molecule has 396 valence electrons. The van der Waals surface area contributed by atoms with Gasteiger partial charge in [0.15, 0.2) is 11.6 Å². The van der Waals surface area contributed by atoms with Crippen molar-refractivity contribution in [2.24, 2.45) is 35.5 Å². The van der Waals surface area contributed by atoms with Gasteiger partial charge < -0.3 is 48.3 Å². The molecule has 0 spiro atoms. The van der Waals surface area contributed by atoms with E-state index in [0.717, 1.165) is 18.4 Å². The van der Waals surface area contributed by atoms with Gasteiger partial charge in [0.1, 0.15) is 18.2 Å². The molecular formula is C55H87NO14. The number of cyclic esters (lactones) is 1. The van der Waals surface area contributed by atoms with E-state index in [4.69, 9.17) is 33.2 Å². The minimum absolute atomic E-state index is 0.0222. The van der Waals surface area contributed by atoms with Crippen molar-refractivity contribution >= 4 is 29.2 Å². The zero-order valence-corrected chi connectivity index (χ0v) is 44.1. The van der Waals surface area contributed by atoms with Crippen molar-refractivity contribution < 1.29 is 67.3 Å². The van der Waals surface area contributed by atoms with Gasteiger partial charge in [-0.25, -0.2) is 4.79 Å². The maximum Gasteiger partial charge on any atom is 0.329 e. The number of aliphatic hydroxyl groups is 2. The van der Waals surface area contributed by atoms with Gasteiger partial charge in [-0.05, 0) is 114 Å². The number of hydrogen-bond donors (Lipinski definition) is 2. The molecule has 2 bridgehead atoms. The number of carbonyl (C=O) groups excluding carboxylic acids is 5. The molecule has 3 aliphatic heterocycles. The van der Waals surface area contributed by atoms with Crippen LogP contribution >= 0.6 is 0 Å². The lowest BCUT2D eigenvalue weighted by molar-refractivity contribution is -0.265. The first kappa shape index (κ1) is 59.2. The predicted molar refractivity (Wildman–Crippen MR) is 265 cm³/mol. The molecule has 3 heterocycles. The molecule has 15 nitrogen and oxygen atoms in total. The minimum atomic E-state index is -2.43. The lowest BCUT2D eigenvalue weighted by atomic mass is 9.78. The minimum Gasteiger partial charge on any atom is -0.460 e. The number of carbonyl (C=O) groups is 5. The Hall–Kier alpha value is -3.41. The van der Waals surface area contributed by atoms with E-state index in [1.54, 1.807) is 41.1 Å². The number of methoxy groups -OCH3 is 3. The second-order valence-electron chi connectivity index (χ2n) is 20.6. The summed E-state index contributed by atoms with van der Waals surface area (Å²) in [5, 5.41) is 23.5. The molecule has 15 heteroatoms. The highest BCUT2D eigenvalue weighted by Gasteiger charge is 2.53. The molecule has 70 heavy (non-hydrogen) atoms. The quantitative estimate of drug-likeness (QED) is 0.120. The van der Waals surface area contributed by atoms with Crippen LogP contribution < -0.4 is 0 Å². The number of fused-ring (bicyclic) bond motifs is 3. The van der Waals surface area contributed by atoms with Gasteiger partial charge in [-0.2, -0.15) is 0 Å². The number of aliphatic hydroxyl groups excluding tert-OH is 1. The molecule has 15 atom stereocenters. The molecule has 4 rings (SSSR count). The first-order valence-electron chi connectivity index (χ1n) is 26.0. The third-order valence-corrected chi connectivity index (χ3v) is 15.2. The number of esters is 1. The summed E-state index contributed by atoms with van der Waals surface area (Å²) in [7, 11) is 4.65. The highest BCUT2D eigenvalue weighted by atomic mass is 16.6. The highest BCUT2D eigenvalue weighted by Crippen LogP contribution is 2.38. The molecule has 0 radical (unpaired) electrons. The summed E-state index contributed by atoms with van der Waals surface area (Å²) in [6.07, 6.45) is 12.5. The summed E-state index contributed by atoms with van der Waals surface area (Å²) in [6, 6.07) is -1.14. The van der Waals surface area contributed by atoms with E-state index in [0.29, 0.717) is 76.8 Å². The second kappa shape index (κ2) is 28.7. The summed E-state index contributed by atoms with van der Waals surface area (Å²) in [4.78, 5) is 72.3. The molecule has 2 saturated heterocycles. The van der Waals surface area contributed by atoms with Gasteiger partial charge in [0.2, 0.25) is 5.79 Å². The van der Waals surface area contributed by atoms with E-state index in [1.807, 2.05) is 65.0 Å². The molecule has 3 unspecified atom stereocenters. The summed E-state index contributed by atoms with van der Waals surface area (Å²) in [6.45, 7) is 16.4. The summed E-state index contributed by atoms with van der Waals surface area (Å²) < 4.78 is 41.5. The average Bonchev–Trinajstić information content (AvgIpc) is 3.34. The van der Waals surface area contributed by atoms with Gasteiger partial charge in [-0.15, -0.1) is 0 Å². The molecule has 0 aromatic rings. The Labute approximate surface area is 418 Å². The number of rotatable bonds is 11. The Bertz CT molecular complexity index is 1840. The van der Waals surface area contributed by atoms with Crippen molar-refractivity contribution in [1.82, 2.24) is 4.90 Å². The SMILES string of the molecule is CCOCCO[C@@H]1CC[C@@H](C[C@@H](C)[C@@H]2CC(=O)/C(C)=C/C(C)[C@@H](O)[C@@H](OC)C(=O)[C@H](C)C[C@H](C)C=CC=CC=C(C)C(OC)C[C@@H]3CC[C@@H](C)[C@@](O)(O3)C(=O)C(=O)N3CCCCC3C(=O)O2)C[C@H]1OC. The highest BCUT2D eigenvalue weighted by molar-refractivity contribution is 6.39. The van der Waals surface area contributed by atoms with E-state index >= 15 is 0 Å². The van der Waals surface area contributed by atoms with Crippen LogP contribution in [0.5, 0.6) is 0 Å². The number of ketones is 3. The van der Waals surface area contributed by atoms with Crippen molar-refractivity contribution in [2.75, 3.05) is 47.7 Å². The van der Waals surface area contributed by atoms with Crippen LogP contribution in [0.2, 0.25) is 0 Å². The van der Waals surface area contributed by atoms with Gasteiger partial charge in [0.05, 0.1) is 43.7 Å². The Morgan fingerprint density at radius 1 is 0.857 bits per heavy atom. The van der Waals surface area contributed by atoms with Crippen LogP contribution in [0.3, 0.4) is 0 Å². The summed E-state index contributed by atoms with van der Waals surface area (Å²) >= 11 is 0. The lowest BCUT2D eigenvalue weighted by Crippen LogP contribution is -2.61. The lowest BCUT2D eigenvalue weighted by Gasteiger charge is -2.42. The summed E-state index contributed by atoms with van der Waals surface area (Å²) in [5.74, 6) is -7.81. The Morgan fingerprint density at radius 3 is 2.29 bits per heavy atom. The first-order chi connectivity index (χ1) is 33.3. The zero-order chi connectivity index (χ0) is 51.7. The molecule has 1 saturated carbocycles. The number of amides is 1. The standard InChI is InChI=1S/C55H87NO14/c1-12-67-26-27-68-45-24-22-41(31-48(45)65-10)30-37(5)47-33-44(57)36(4)29-39(7)50(59)51(66-11)49(58)38(6)28-34(2)18-14-13-15-19-35(3)46(64-9)32-42-23-21-40(8)55(63,70-42)52(60)53(61)56-25-17-16-20-43(56)54(62)69-47/h13-15,18-19,29,34,37-43,45-48,50-51,59,63H,12,16-17,20-28,30-33H2,1-11H3/b15-13?,18-14?,35-19?,36-29+/t34-,37-,38-,39?,40-,41+,42+,43?,45-,46?,47+,48-,50-,51+,55-/m1/s1. The van der Waals surface area contributed by atoms with E-state index < -0.39 is 77.8 Å². The third kappa shape index (κ3) is 16.3. The third-order valence-electron chi connectivity index (χ3n) is 15.2. The number of allylic oxidation sites excluding steroid dienone is 6. The fraction of sp³-hybridized carbons (Fsp3) is 0.764. The molecule has 0 aromatic heterocycles. The van der Waals surface area contributed by atoms with Crippen LogP contribution in [0.25, 0.3) is 0 Å². The van der Waals surface area contributed by atoms with Crippen molar-refractivity contribution in [3.05, 3.63) is 47.6 Å². The predicted octanol–water partition coefficient (Wildman–Crippen LogP) is 7.24. The maximum atomic E-state index is 14.5. The number of hydrogen-bond acceptors (Lipinski definition) is 14. The van der Waals surface area contributed by atoms with Gasteiger partial charge in [0, 0.05) is 65.1 Å². The normalized spacial score (nSPS) is 36.7. The number of ether oxygens (including phenoxy) is 7. The largest absolute Gasteiger partial charge is 0.460 e. The number of Topliss-reactive ketones (excluding diaryl/α,β-unsaturated/α-hetero) is 3. The fourth-order valence-corrected chi connectivity index (χ4v) is 10.7. The second-order valence-corrected chi connectivity index (χ2v) is 20.6. The maximum absolute atomic E-state index is 14.5. The first-order valence-corrected chi connectivity index (χ1v) is 26.0. The van der Waals surface area contributed by atoms with Crippen molar-refractivity contribution in [1.29, 1.82) is 0 Å². The van der Waals surface area contributed by atoms with Crippen LogP contribution in [-0.2, 0) is 57.1 Å². The molecule has 3 fully saturated rings. The Kier molecular flexibility index (Phi) is 24.3. The smallest absolute Gasteiger partial charge is 0.329 e. The van der Waals surface area contributed by atoms with Crippen LogP contribution in [0.15, 0.2) is 47.6 Å². The van der Waals surface area contributed by atoms with Crippen LogP contribution in [0, 0.1) is 35.5 Å². The molecule has 2 N–H and O–H groups in total. The van der Waals surface area contributed by atoms with Crippen molar-refractivity contribution in [3.8, 4) is 0 Å². The van der Waals surface area contributed by atoms with Crippen LogP contribution in [0.1, 0.15) is 132 Å². The van der Waals surface area contributed by atoms with Crippen LogP contribution in [0.4, 0.5) is 0 Å². The van der Waals surface area contributed by atoms with Crippen molar-refractivity contribution in [3.63, 3.8) is 0 Å². The van der Waals surface area contributed by atoms with E-state index in [1.165, 1.54) is 12.0 Å². The van der Waals surface area contributed by atoms with E-state index in [9.17, 15) is 34.2 Å². The zero-order valence-electron chi connectivity index (χ0n) is 44.1. The Morgan fingerprint density at radius 2 is 1.60 bits per heavy atom. The van der Waals surface area contributed by atoms with E-state index in [2.05, 4.69) is 0 Å². The molecule has 4 aliphatic rings. The number of piperidine rings is 1. The molecule has 0 aromatic carbocycles. The summed E-state index contributed by atoms with van der Waals surface area (Å²) in [5.41, 5.74) is 1.21. The van der Waals surface area contributed by atoms with E-state index in [-0.39, 0.29) is 60.9 Å². The number of nitrogens with zero attached hydrogens (tertiary/aromatic N) is 1. The van der Waals surface area contributed by atoms with Gasteiger partial charge in [-0.1, -0.05) is 71.1 Å². The average molecular weight is 986 g/mol. The fourth-order valence-electron chi connectivity index (χ4n) is 10.7.